The van der Waals surface area contributed by atoms with E-state index < -0.39 is 23.4 Å². The molecular weight excluding hydrogens is 419 g/mol. The highest BCUT2D eigenvalue weighted by atomic mass is 19.4. The average Bonchev–Trinajstić information content (AvgIpc) is 3.08. The van der Waals surface area contributed by atoms with Gasteiger partial charge in [-0.1, -0.05) is 26.0 Å². The van der Waals surface area contributed by atoms with Crippen LogP contribution in [0.2, 0.25) is 0 Å². The van der Waals surface area contributed by atoms with Crippen molar-refractivity contribution in [3.05, 3.63) is 58.7 Å². The number of rotatable bonds is 5. The second-order valence-electron chi connectivity index (χ2n) is 9.55. The predicted molar refractivity (Wildman–Crippen MR) is 118 cm³/mol. The number of fused-ring (bicyclic) bond motifs is 1. The molecule has 0 N–H and O–H groups in total. The van der Waals surface area contributed by atoms with Crippen LogP contribution in [0, 0.1) is 5.92 Å². The van der Waals surface area contributed by atoms with Gasteiger partial charge in [0.1, 0.15) is 18.0 Å². The van der Waals surface area contributed by atoms with Crippen molar-refractivity contribution in [1.29, 1.82) is 0 Å². The third-order valence-electron chi connectivity index (χ3n) is 5.08. The molecule has 1 aliphatic heterocycles. The maximum atomic E-state index is 13.6. The first-order chi connectivity index (χ1) is 14.8. The molecule has 0 spiro atoms. The van der Waals surface area contributed by atoms with Crippen molar-refractivity contribution in [1.82, 2.24) is 0 Å². The molecule has 1 heterocycles. The van der Waals surface area contributed by atoms with E-state index in [0.29, 0.717) is 30.7 Å². The molecule has 4 nitrogen and oxygen atoms in total. The highest BCUT2D eigenvalue weighted by Crippen LogP contribution is 2.35. The Kier molecular flexibility index (Phi) is 6.77. The van der Waals surface area contributed by atoms with Gasteiger partial charge in [-0.25, -0.2) is 4.79 Å². The lowest BCUT2D eigenvalue weighted by atomic mass is 9.98. The molecule has 0 radical (unpaired) electrons. The Morgan fingerprint density at radius 3 is 2.44 bits per heavy atom. The number of amides is 1. The van der Waals surface area contributed by atoms with Crippen molar-refractivity contribution >= 4 is 11.8 Å². The van der Waals surface area contributed by atoms with Gasteiger partial charge in [0.15, 0.2) is 0 Å². The van der Waals surface area contributed by atoms with E-state index in [9.17, 15) is 18.0 Å². The Labute approximate surface area is 187 Å². The van der Waals surface area contributed by atoms with Crippen molar-refractivity contribution < 1.29 is 27.4 Å². The first-order valence-corrected chi connectivity index (χ1v) is 10.8. The Balaban J connectivity index is 1.74. The van der Waals surface area contributed by atoms with E-state index in [-0.39, 0.29) is 18.1 Å². The number of carbonyl (C=O) groups excluding carboxylic acids is 1. The van der Waals surface area contributed by atoms with Crippen LogP contribution >= 0.6 is 0 Å². The Morgan fingerprint density at radius 2 is 1.81 bits per heavy atom. The number of ether oxygens (including phenoxy) is 2. The number of carbonyl (C=O) groups is 1. The highest BCUT2D eigenvalue weighted by molar-refractivity contribution is 5.90. The van der Waals surface area contributed by atoms with Crippen molar-refractivity contribution in [2.75, 3.05) is 11.4 Å². The molecule has 1 amide bonds. The summed E-state index contributed by atoms with van der Waals surface area (Å²) >= 11 is 0. The first-order valence-electron chi connectivity index (χ1n) is 10.8. The zero-order valence-electron chi connectivity index (χ0n) is 19.2. The molecule has 0 saturated heterocycles. The number of hydrogen-bond acceptors (Lipinski definition) is 3. The number of anilines is 1. The topological polar surface area (TPSA) is 38.8 Å². The molecule has 0 unspecified atom stereocenters. The molecule has 174 valence electrons. The molecule has 0 aliphatic carbocycles. The standard InChI is InChI=1S/C25H30F3NO3/c1-16(2)12-17-6-7-19(21(13-17)25(26,27)28)15-31-20-8-9-22-18(14-20)10-11-29(22)23(30)32-24(3,4)5/h6-9,13-14,16H,10-12,15H2,1-5H3. The monoisotopic (exact) mass is 449 g/mol. The van der Waals surface area contributed by atoms with Gasteiger partial charge in [0.2, 0.25) is 0 Å². The number of alkyl halides is 3. The van der Waals surface area contributed by atoms with Crippen molar-refractivity contribution in [3.63, 3.8) is 0 Å². The molecule has 7 heteroatoms. The summed E-state index contributed by atoms with van der Waals surface area (Å²) in [5, 5.41) is 0. The van der Waals surface area contributed by atoms with Gasteiger partial charge in [-0.3, -0.25) is 4.90 Å². The summed E-state index contributed by atoms with van der Waals surface area (Å²) in [5.41, 5.74) is 1.14. The maximum Gasteiger partial charge on any atom is 0.416 e. The third-order valence-corrected chi connectivity index (χ3v) is 5.08. The molecule has 3 rings (SSSR count). The summed E-state index contributed by atoms with van der Waals surface area (Å²) in [5.74, 6) is 0.735. The van der Waals surface area contributed by atoms with Crippen LogP contribution in [-0.4, -0.2) is 18.2 Å². The fraction of sp³-hybridized carbons (Fsp3) is 0.480. The Bertz CT molecular complexity index is 977. The molecule has 2 aromatic rings. The van der Waals surface area contributed by atoms with E-state index in [1.807, 2.05) is 34.6 Å². The van der Waals surface area contributed by atoms with E-state index >= 15 is 0 Å². The van der Waals surface area contributed by atoms with E-state index in [0.717, 1.165) is 11.3 Å². The van der Waals surface area contributed by atoms with E-state index in [1.54, 1.807) is 29.2 Å². The van der Waals surface area contributed by atoms with Crippen LogP contribution in [0.5, 0.6) is 5.75 Å². The molecule has 32 heavy (non-hydrogen) atoms. The van der Waals surface area contributed by atoms with Crippen LogP contribution in [0.25, 0.3) is 0 Å². The zero-order valence-corrected chi connectivity index (χ0v) is 19.2. The lowest BCUT2D eigenvalue weighted by Gasteiger charge is -2.24. The summed E-state index contributed by atoms with van der Waals surface area (Å²) < 4.78 is 52.0. The van der Waals surface area contributed by atoms with Crippen molar-refractivity contribution in [2.45, 2.75) is 65.8 Å². The fourth-order valence-electron chi connectivity index (χ4n) is 3.75. The van der Waals surface area contributed by atoms with Gasteiger partial charge in [0.05, 0.1) is 11.3 Å². The molecule has 0 aromatic heterocycles. The average molecular weight is 450 g/mol. The van der Waals surface area contributed by atoms with E-state index in [1.165, 1.54) is 12.1 Å². The number of hydrogen-bond donors (Lipinski definition) is 0. The minimum Gasteiger partial charge on any atom is -0.489 e. The van der Waals surface area contributed by atoms with Crippen LogP contribution in [0.3, 0.4) is 0 Å². The minimum atomic E-state index is -4.45. The maximum absolute atomic E-state index is 13.6. The van der Waals surface area contributed by atoms with Crippen LogP contribution in [0.15, 0.2) is 36.4 Å². The van der Waals surface area contributed by atoms with Gasteiger partial charge in [0, 0.05) is 12.1 Å². The fourth-order valence-corrected chi connectivity index (χ4v) is 3.75. The van der Waals surface area contributed by atoms with E-state index in [2.05, 4.69) is 0 Å². The number of nitrogens with zero attached hydrogens (tertiary/aromatic N) is 1. The summed E-state index contributed by atoms with van der Waals surface area (Å²) in [6, 6.07) is 9.65. The van der Waals surface area contributed by atoms with Gasteiger partial charge in [-0.15, -0.1) is 0 Å². The van der Waals surface area contributed by atoms with Crippen molar-refractivity contribution in [3.8, 4) is 5.75 Å². The van der Waals surface area contributed by atoms with Gasteiger partial charge in [-0.2, -0.15) is 13.2 Å². The summed E-state index contributed by atoms with van der Waals surface area (Å²) in [7, 11) is 0. The van der Waals surface area contributed by atoms with Gasteiger partial charge in [0.25, 0.3) is 0 Å². The normalized spacial score (nSPS) is 14.0. The first kappa shape index (κ1) is 24.0. The largest absolute Gasteiger partial charge is 0.489 e. The van der Waals surface area contributed by atoms with Crippen LogP contribution in [0.4, 0.5) is 23.7 Å². The lowest BCUT2D eigenvalue weighted by molar-refractivity contribution is -0.138. The van der Waals surface area contributed by atoms with Gasteiger partial charge < -0.3 is 9.47 Å². The van der Waals surface area contributed by atoms with Crippen LogP contribution in [-0.2, 0) is 30.4 Å². The SMILES string of the molecule is CC(C)Cc1ccc(COc2ccc3c(c2)CCN3C(=O)OC(C)(C)C)c(C(F)(F)F)c1. The smallest absolute Gasteiger partial charge is 0.416 e. The molecule has 0 bridgehead atoms. The summed E-state index contributed by atoms with van der Waals surface area (Å²) in [6.07, 6.45) is -3.65. The van der Waals surface area contributed by atoms with Crippen molar-refractivity contribution in [2.24, 2.45) is 5.92 Å². The highest BCUT2D eigenvalue weighted by Gasteiger charge is 2.34. The third kappa shape index (κ3) is 5.96. The van der Waals surface area contributed by atoms with Crippen LogP contribution in [0.1, 0.15) is 56.9 Å². The number of benzene rings is 2. The zero-order chi connectivity index (χ0) is 23.7. The molecule has 2 aromatic carbocycles. The van der Waals surface area contributed by atoms with Crippen LogP contribution < -0.4 is 9.64 Å². The molecular formula is C25H30F3NO3. The number of halogens is 3. The quantitative estimate of drug-likeness (QED) is 0.505. The molecule has 0 atom stereocenters. The lowest BCUT2D eigenvalue weighted by Crippen LogP contribution is -2.35. The second kappa shape index (κ2) is 9.04. The van der Waals surface area contributed by atoms with Gasteiger partial charge >= 0.3 is 12.3 Å². The van der Waals surface area contributed by atoms with E-state index in [4.69, 9.17) is 9.47 Å². The molecule has 1 aliphatic rings. The summed E-state index contributed by atoms with van der Waals surface area (Å²) in [4.78, 5) is 14.0. The Hall–Kier alpha value is -2.70. The minimum absolute atomic E-state index is 0.0980. The second-order valence-corrected chi connectivity index (χ2v) is 9.55. The van der Waals surface area contributed by atoms with Gasteiger partial charge in [-0.05, 0) is 74.9 Å². The Morgan fingerprint density at radius 1 is 1.09 bits per heavy atom. The molecule has 0 saturated carbocycles. The summed E-state index contributed by atoms with van der Waals surface area (Å²) in [6.45, 7) is 9.68. The predicted octanol–water partition coefficient (Wildman–Crippen LogP) is 6.78. The molecule has 0 fully saturated rings.